The topological polar surface area (TPSA) is 94.5 Å². The highest BCUT2D eigenvalue weighted by atomic mass is 16.6. The molecule has 100 valence electrons. The van der Waals surface area contributed by atoms with Gasteiger partial charge in [0.05, 0.1) is 11.2 Å². The summed E-state index contributed by atoms with van der Waals surface area (Å²) >= 11 is 0. The minimum absolute atomic E-state index is 0.0158. The molecule has 1 amide bonds. The van der Waals surface area contributed by atoms with Crippen LogP contribution in [0.25, 0.3) is 0 Å². The van der Waals surface area contributed by atoms with Crippen molar-refractivity contribution in [3.8, 4) is 0 Å². The van der Waals surface area contributed by atoms with E-state index >= 15 is 0 Å². The fraction of sp³-hybridized carbons (Fsp3) is 0.727. The van der Waals surface area contributed by atoms with E-state index in [9.17, 15) is 4.79 Å². The van der Waals surface area contributed by atoms with Gasteiger partial charge in [-0.2, -0.15) is 0 Å². The van der Waals surface area contributed by atoms with E-state index in [2.05, 4.69) is 14.9 Å². The van der Waals surface area contributed by atoms with Crippen LogP contribution in [-0.4, -0.2) is 45.4 Å². The van der Waals surface area contributed by atoms with Crippen LogP contribution in [0.5, 0.6) is 0 Å². The number of nitrogens with zero attached hydrogens (tertiary/aromatic N) is 3. The molecule has 1 fully saturated rings. The zero-order valence-corrected chi connectivity index (χ0v) is 11.1. The maximum Gasteiger partial charge on any atom is 0.280 e. The van der Waals surface area contributed by atoms with Crippen molar-refractivity contribution in [2.75, 3.05) is 18.8 Å². The summed E-state index contributed by atoms with van der Waals surface area (Å²) in [5.74, 6) is -0.264. The number of ether oxygens (including phenoxy) is 1. The molecule has 0 bridgehead atoms. The molecule has 7 nitrogen and oxygen atoms in total. The summed E-state index contributed by atoms with van der Waals surface area (Å²) in [7, 11) is 0. The molecule has 1 aliphatic rings. The maximum atomic E-state index is 12.3. The van der Waals surface area contributed by atoms with Gasteiger partial charge in [-0.1, -0.05) is 0 Å². The molecule has 7 heteroatoms. The van der Waals surface area contributed by atoms with Gasteiger partial charge in [0.25, 0.3) is 5.91 Å². The summed E-state index contributed by atoms with van der Waals surface area (Å²) < 4.78 is 10.4. The average molecular weight is 254 g/mol. The molecule has 0 radical (unpaired) electrons. The van der Waals surface area contributed by atoms with Gasteiger partial charge in [-0.3, -0.25) is 4.79 Å². The predicted molar refractivity (Wildman–Crippen MR) is 63.9 cm³/mol. The molecule has 1 aromatic rings. The fourth-order valence-corrected chi connectivity index (χ4v) is 2.42. The number of carbonyl (C=O) groups is 1. The SMILES string of the molecule is CC1(C)CN(C(=O)c2nonc2N)CC(C)(C)O1. The summed E-state index contributed by atoms with van der Waals surface area (Å²) in [5, 5.41) is 6.96. The second-order valence-corrected chi connectivity index (χ2v) is 5.78. The molecule has 0 spiro atoms. The van der Waals surface area contributed by atoms with E-state index < -0.39 is 11.2 Å². The molecular formula is C11H18N4O3. The van der Waals surface area contributed by atoms with Crippen molar-refractivity contribution in [3.05, 3.63) is 5.69 Å². The number of rotatable bonds is 1. The molecule has 0 atom stereocenters. The van der Waals surface area contributed by atoms with Gasteiger partial charge in [0.15, 0.2) is 0 Å². The zero-order valence-electron chi connectivity index (χ0n) is 11.1. The largest absolute Gasteiger partial charge is 0.379 e. The van der Waals surface area contributed by atoms with E-state index in [4.69, 9.17) is 10.5 Å². The van der Waals surface area contributed by atoms with Gasteiger partial charge in [0, 0.05) is 13.1 Å². The minimum atomic E-state index is -0.413. The lowest BCUT2D eigenvalue weighted by Crippen LogP contribution is -2.58. The van der Waals surface area contributed by atoms with Crippen molar-refractivity contribution in [3.63, 3.8) is 0 Å². The molecule has 1 saturated heterocycles. The monoisotopic (exact) mass is 254 g/mol. The standard InChI is InChI=1S/C11H18N4O3/c1-10(2)5-15(6-11(3,4)17-10)9(16)7-8(12)14-18-13-7/h5-6H2,1-4H3,(H2,12,14). The van der Waals surface area contributed by atoms with Crippen molar-refractivity contribution in [2.45, 2.75) is 38.9 Å². The molecule has 2 N–H and O–H groups in total. The number of hydrogen-bond donors (Lipinski definition) is 1. The third kappa shape index (κ3) is 2.45. The first-order valence-corrected chi connectivity index (χ1v) is 5.78. The molecular weight excluding hydrogens is 236 g/mol. The van der Waals surface area contributed by atoms with E-state index in [0.29, 0.717) is 13.1 Å². The molecule has 0 aliphatic carbocycles. The summed E-state index contributed by atoms with van der Waals surface area (Å²) in [5.41, 5.74) is 4.77. The number of anilines is 1. The Morgan fingerprint density at radius 3 is 2.22 bits per heavy atom. The molecule has 2 rings (SSSR count). The van der Waals surface area contributed by atoms with Gasteiger partial charge in [-0.15, -0.1) is 0 Å². The second-order valence-electron chi connectivity index (χ2n) is 5.78. The number of amides is 1. The minimum Gasteiger partial charge on any atom is -0.379 e. The Morgan fingerprint density at radius 2 is 1.78 bits per heavy atom. The lowest BCUT2D eigenvalue weighted by Gasteiger charge is -2.46. The van der Waals surface area contributed by atoms with Crippen molar-refractivity contribution in [1.82, 2.24) is 15.2 Å². The van der Waals surface area contributed by atoms with E-state index in [-0.39, 0.29) is 17.4 Å². The Morgan fingerprint density at radius 1 is 1.22 bits per heavy atom. The summed E-state index contributed by atoms with van der Waals surface area (Å²) in [6.45, 7) is 8.72. The molecule has 18 heavy (non-hydrogen) atoms. The molecule has 1 aromatic heterocycles. The third-order valence-corrected chi connectivity index (χ3v) is 2.70. The van der Waals surface area contributed by atoms with Crippen LogP contribution in [0, 0.1) is 0 Å². The van der Waals surface area contributed by atoms with E-state index in [1.165, 1.54) is 0 Å². The predicted octanol–water partition coefficient (Wildman–Crippen LogP) is 0.681. The first-order valence-electron chi connectivity index (χ1n) is 5.78. The lowest BCUT2D eigenvalue weighted by atomic mass is 9.98. The number of aromatic nitrogens is 2. The number of nitrogen functional groups attached to an aromatic ring is 1. The Balaban J connectivity index is 2.23. The average Bonchev–Trinajstić information content (AvgIpc) is 2.58. The smallest absolute Gasteiger partial charge is 0.280 e. The third-order valence-electron chi connectivity index (χ3n) is 2.70. The number of nitrogens with two attached hydrogens (primary N) is 1. The van der Waals surface area contributed by atoms with Gasteiger partial charge < -0.3 is 15.4 Å². The van der Waals surface area contributed by atoms with Gasteiger partial charge >= 0.3 is 0 Å². The summed E-state index contributed by atoms with van der Waals surface area (Å²) in [6.07, 6.45) is 0. The van der Waals surface area contributed by atoms with Crippen LogP contribution in [0.15, 0.2) is 4.63 Å². The lowest BCUT2D eigenvalue weighted by molar-refractivity contribution is -0.171. The molecule has 0 aromatic carbocycles. The Hall–Kier alpha value is -1.63. The van der Waals surface area contributed by atoms with Crippen LogP contribution in [0.4, 0.5) is 5.82 Å². The Bertz CT molecular complexity index is 451. The number of morpholine rings is 1. The van der Waals surface area contributed by atoms with Crippen molar-refractivity contribution < 1.29 is 14.2 Å². The van der Waals surface area contributed by atoms with Gasteiger partial charge in [-0.05, 0) is 38.0 Å². The van der Waals surface area contributed by atoms with Gasteiger partial charge in [0.2, 0.25) is 11.5 Å². The van der Waals surface area contributed by atoms with Crippen LogP contribution >= 0.6 is 0 Å². The van der Waals surface area contributed by atoms with Gasteiger partial charge in [0.1, 0.15) is 0 Å². The Kier molecular flexibility index (Phi) is 2.81. The first kappa shape index (κ1) is 12.8. The quantitative estimate of drug-likeness (QED) is 0.792. The highest BCUT2D eigenvalue weighted by Crippen LogP contribution is 2.29. The van der Waals surface area contributed by atoms with E-state index in [1.807, 2.05) is 27.7 Å². The highest BCUT2D eigenvalue weighted by molar-refractivity contribution is 5.96. The molecule has 0 unspecified atom stereocenters. The maximum absolute atomic E-state index is 12.3. The Labute approximate surface area is 105 Å². The van der Waals surface area contributed by atoms with Gasteiger partial charge in [-0.25, -0.2) is 4.63 Å². The summed E-state index contributed by atoms with van der Waals surface area (Å²) in [6, 6.07) is 0. The zero-order chi connectivity index (χ0) is 13.6. The first-order chi connectivity index (χ1) is 8.20. The second kappa shape index (κ2) is 3.94. The van der Waals surface area contributed by atoms with Crippen molar-refractivity contribution >= 4 is 11.7 Å². The highest BCUT2D eigenvalue weighted by Gasteiger charge is 2.41. The van der Waals surface area contributed by atoms with Crippen molar-refractivity contribution in [2.24, 2.45) is 0 Å². The van der Waals surface area contributed by atoms with E-state index in [0.717, 1.165) is 0 Å². The van der Waals surface area contributed by atoms with Crippen molar-refractivity contribution in [1.29, 1.82) is 0 Å². The summed E-state index contributed by atoms with van der Waals surface area (Å²) in [4.78, 5) is 14.0. The molecule has 0 saturated carbocycles. The number of carbonyl (C=O) groups excluding carboxylic acids is 1. The molecule has 2 heterocycles. The van der Waals surface area contributed by atoms with Crippen LogP contribution < -0.4 is 5.73 Å². The van der Waals surface area contributed by atoms with Crippen LogP contribution in [-0.2, 0) is 4.74 Å². The fourth-order valence-electron chi connectivity index (χ4n) is 2.42. The van der Waals surface area contributed by atoms with Crippen LogP contribution in [0.1, 0.15) is 38.2 Å². The van der Waals surface area contributed by atoms with Crippen LogP contribution in [0.3, 0.4) is 0 Å². The van der Waals surface area contributed by atoms with E-state index in [1.54, 1.807) is 4.90 Å². The van der Waals surface area contributed by atoms with Crippen LogP contribution in [0.2, 0.25) is 0 Å². The normalized spacial score (nSPS) is 21.9. The number of hydrogen-bond acceptors (Lipinski definition) is 6. The molecule has 1 aliphatic heterocycles.